The lowest BCUT2D eigenvalue weighted by Crippen LogP contribution is -2.38. The van der Waals surface area contributed by atoms with Gasteiger partial charge in [-0.25, -0.2) is 0 Å². The van der Waals surface area contributed by atoms with Crippen molar-refractivity contribution in [1.82, 2.24) is 15.5 Å². The van der Waals surface area contributed by atoms with E-state index in [9.17, 15) is 4.79 Å². The first-order valence-corrected chi connectivity index (χ1v) is 8.77. The summed E-state index contributed by atoms with van der Waals surface area (Å²) in [5.74, 6) is 1.43. The molecule has 3 rings (SSSR count). The average molecular weight is 336 g/mol. The summed E-state index contributed by atoms with van der Waals surface area (Å²) in [6, 6.07) is 13.9. The highest BCUT2D eigenvalue weighted by Gasteiger charge is 2.20. The smallest absolute Gasteiger partial charge is 0.244 e. The van der Waals surface area contributed by atoms with E-state index in [0.29, 0.717) is 5.92 Å². The van der Waals surface area contributed by atoms with Gasteiger partial charge in [0, 0.05) is 25.7 Å². The Morgan fingerprint density at radius 2 is 1.92 bits per heavy atom. The molecule has 5 heteroatoms. The lowest BCUT2D eigenvalue weighted by molar-refractivity contribution is -0.116. The Labute approximate surface area is 148 Å². The zero-order chi connectivity index (χ0) is 17.5. The molecule has 0 spiro atoms. The molecular formula is C20H24N4O. The Morgan fingerprint density at radius 3 is 2.60 bits per heavy atom. The molecule has 0 radical (unpaired) electrons. The minimum Gasteiger partial charge on any atom is -0.355 e. The largest absolute Gasteiger partial charge is 0.355 e. The minimum atomic E-state index is -0.0318. The van der Waals surface area contributed by atoms with Crippen LogP contribution < -0.4 is 10.2 Å². The van der Waals surface area contributed by atoms with Crippen LogP contribution in [0.5, 0.6) is 0 Å². The average Bonchev–Trinajstić information content (AvgIpc) is 2.67. The summed E-state index contributed by atoms with van der Waals surface area (Å²) in [5, 5.41) is 11.4. The van der Waals surface area contributed by atoms with Crippen LogP contribution in [-0.4, -0.2) is 35.7 Å². The van der Waals surface area contributed by atoms with E-state index in [4.69, 9.17) is 0 Å². The predicted octanol–water partition coefficient (Wildman–Crippen LogP) is 2.83. The van der Waals surface area contributed by atoms with Crippen LogP contribution in [0.1, 0.15) is 24.1 Å². The van der Waals surface area contributed by atoms with E-state index in [0.717, 1.165) is 49.6 Å². The number of aryl methyl sites for hydroxylation is 1. The molecule has 0 saturated carbocycles. The first-order valence-electron chi connectivity index (χ1n) is 8.77. The van der Waals surface area contributed by atoms with Crippen LogP contribution >= 0.6 is 0 Å². The Morgan fingerprint density at radius 1 is 1.16 bits per heavy atom. The lowest BCUT2D eigenvalue weighted by Gasteiger charge is -2.32. The maximum atomic E-state index is 12.0. The summed E-state index contributed by atoms with van der Waals surface area (Å²) >= 11 is 0. The van der Waals surface area contributed by atoms with Gasteiger partial charge >= 0.3 is 0 Å². The summed E-state index contributed by atoms with van der Waals surface area (Å²) < 4.78 is 0. The molecule has 2 aromatic rings. The highest BCUT2D eigenvalue weighted by atomic mass is 16.1. The van der Waals surface area contributed by atoms with Crippen molar-refractivity contribution in [3.8, 4) is 0 Å². The van der Waals surface area contributed by atoms with Crippen LogP contribution in [-0.2, 0) is 4.79 Å². The van der Waals surface area contributed by atoms with Crippen LogP contribution in [0, 0.1) is 12.8 Å². The molecule has 0 unspecified atom stereocenters. The summed E-state index contributed by atoms with van der Waals surface area (Å²) in [6.45, 7) is 4.58. The molecule has 25 heavy (non-hydrogen) atoms. The lowest BCUT2D eigenvalue weighted by atomic mass is 9.97. The fourth-order valence-corrected chi connectivity index (χ4v) is 2.97. The molecule has 0 atom stereocenters. The Hall–Kier alpha value is -2.69. The van der Waals surface area contributed by atoms with Crippen molar-refractivity contribution < 1.29 is 4.79 Å². The van der Waals surface area contributed by atoms with E-state index < -0.39 is 0 Å². The fourth-order valence-electron chi connectivity index (χ4n) is 2.97. The number of hydrogen-bond acceptors (Lipinski definition) is 4. The standard InChI is InChI=1S/C20H24N4O/c1-16-7-9-19(23-22-16)24-13-11-18(12-14-24)15-21-20(25)10-8-17-5-3-2-4-6-17/h2-10,18H,11-15H2,1H3,(H,21,25). The molecular weight excluding hydrogens is 312 g/mol. The first kappa shape index (κ1) is 17.1. The van der Waals surface area contributed by atoms with E-state index in [-0.39, 0.29) is 5.91 Å². The van der Waals surface area contributed by atoms with Crippen LogP contribution in [0.3, 0.4) is 0 Å². The fraction of sp³-hybridized carbons (Fsp3) is 0.350. The van der Waals surface area contributed by atoms with Crippen LogP contribution in [0.25, 0.3) is 6.08 Å². The van der Waals surface area contributed by atoms with Crippen molar-refractivity contribution in [1.29, 1.82) is 0 Å². The summed E-state index contributed by atoms with van der Waals surface area (Å²) in [6.07, 6.45) is 5.55. The summed E-state index contributed by atoms with van der Waals surface area (Å²) in [7, 11) is 0. The monoisotopic (exact) mass is 336 g/mol. The van der Waals surface area contributed by atoms with E-state index >= 15 is 0 Å². The van der Waals surface area contributed by atoms with Crippen molar-refractivity contribution in [3.05, 3.63) is 59.8 Å². The van der Waals surface area contributed by atoms with Crippen molar-refractivity contribution in [2.75, 3.05) is 24.5 Å². The summed E-state index contributed by atoms with van der Waals surface area (Å²) in [4.78, 5) is 14.2. The van der Waals surface area contributed by atoms with E-state index in [1.54, 1.807) is 6.08 Å². The van der Waals surface area contributed by atoms with Crippen molar-refractivity contribution in [3.63, 3.8) is 0 Å². The third kappa shape index (κ3) is 5.14. The van der Waals surface area contributed by atoms with Crippen LogP contribution in [0.15, 0.2) is 48.5 Å². The third-order valence-corrected chi connectivity index (χ3v) is 4.51. The molecule has 130 valence electrons. The SMILES string of the molecule is Cc1ccc(N2CCC(CNC(=O)C=Cc3ccccc3)CC2)nn1. The number of rotatable bonds is 5. The highest BCUT2D eigenvalue weighted by molar-refractivity contribution is 5.91. The van der Waals surface area contributed by atoms with Gasteiger partial charge in [0.1, 0.15) is 0 Å². The second kappa shape index (κ2) is 8.42. The van der Waals surface area contributed by atoms with Gasteiger partial charge in [-0.3, -0.25) is 4.79 Å². The topological polar surface area (TPSA) is 58.1 Å². The van der Waals surface area contributed by atoms with Crippen molar-refractivity contribution >= 4 is 17.8 Å². The molecule has 0 aliphatic carbocycles. The van der Waals surface area contributed by atoms with Gasteiger partial charge in [-0.05, 0) is 49.5 Å². The number of piperidine rings is 1. The van der Waals surface area contributed by atoms with Crippen LogP contribution in [0.2, 0.25) is 0 Å². The molecule has 1 fully saturated rings. The molecule has 1 N–H and O–H groups in total. The second-order valence-electron chi connectivity index (χ2n) is 6.45. The predicted molar refractivity (Wildman–Crippen MR) is 100 cm³/mol. The second-order valence-corrected chi connectivity index (χ2v) is 6.45. The number of carbonyl (C=O) groups is 1. The van der Waals surface area contributed by atoms with Gasteiger partial charge < -0.3 is 10.2 Å². The summed E-state index contributed by atoms with van der Waals surface area (Å²) in [5.41, 5.74) is 1.97. The Balaban J connectivity index is 1.41. The molecule has 1 aliphatic rings. The maximum Gasteiger partial charge on any atom is 0.244 e. The number of hydrogen-bond donors (Lipinski definition) is 1. The maximum absolute atomic E-state index is 12.0. The molecule has 2 heterocycles. The van der Waals surface area contributed by atoms with Crippen molar-refractivity contribution in [2.45, 2.75) is 19.8 Å². The highest BCUT2D eigenvalue weighted by Crippen LogP contribution is 2.20. The number of nitrogens with one attached hydrogen (secondary N) is 1. The number of benzene rings is 1. The molecule has 1 aromatic heterocycles. The third-order valence-electron chi connectivity index (χ3n) is 4.51. The minimum absolute atomic E-state index is 0.0318. The molecule has 5 nitrogen and oxygen atoms in total. The Bertz CT molecular complexity index is 704. The zero-order valence-corrected chi connectivity index (χ0v) is 14.6. The molecule has 1 aliphatic heterocycles. The van der Waals surface area contributed by atoms with Gasteiger partial charge in [-0.2, -0.15) is 5.10 Å². The number of carbonyl (C=O) groups excluding carboxylic acids is 1. The van der Waals surface area contributed by atoms with Crippen LogP contribution in [0.4, 0.5) is 5.82 Å². The first-order chi connectivity index (χ1) is 12.2. The van der Waals surface area contributed by atoms with E-state index in [1.165, 1.54) is 0 Å². The Kier molecular flexibility index (Phi) is 5.77. The molecule has 0 bridgehead atoms. The molecule has 1 saturated heterocycles. The number of nitrogens with zero attached hydrogens (tertiary/aromatic N) is 3. The van der Waals surface area contributed by atoms with Gasteiger partial charge in [-0.1, -0.05) is 30.3 Å². The molecule has 1 aromatic carbocycles. The number of anilines is 1. The van der Waals surface area contributed by atoms with Gasteiger partial charge in [-0.15, -0.1) is 5.10 Å². The zero-order valence-electron chi connectivity index (χ0n) is 14.6. The van der Waals surface area contributed by atoms with E-state index in [1.807, 2.05) is 55.5 Å². The normalized spacial score (nSPS) is 15.5. The van der Waals surface area contributed by atoms with Gasteiger partial charge in [0.25, 0.3) is 0 Å². The number of aromatic nitrogens is 2. The quantitative estimate of drug-likeness (QED) is 0.853. The van der Waals surface area contributed by atoms with Crippen molar-refractivity contribution in [2.24, 2.45) is 5.92 Å². The van der Waals surface area contributed by atoms with Gasteiger partial charge in [0.15, 0.2) is 5.82 Å². The van der Waals surface area contributed by atoms with Gasteiger partial charge in [0.2, 0.25) is 5.91 Å². The van der Waals surface area contributed by atoms with Gasteiger partial charge in [0.05, 0.1) is 5.69 Å². The molecule has 1 amide bonds. The number of amides is 1. The van der Waals surface area contributed by atoms with E-state index in [2.05, 4.69) is 20.4 Å².